The fourth-order valence-corrected chi connectivity index (χ4v) is 2.31. The van der Waals surface area contributed by atoms with Gasteiger partial charge < -0.3 is 10.6 Å². The molecule has 0 aliphatic carbocycles. The Hall–Kier alpha value is -2.14. The van der Waals surface area contributed by atoms with Crippen molar-refractivity contribution in [3.63, 3.8) is 0 Å². The molecule has 0 atom stereocenters. The van der Waals surface area contributed by atoms with E-state index in [0.717, 1.165) is 17.0 Å². The Morgan fingerprint density at radius 1 is 1.29 bits per heavy atom. The third kappa shape index (κ3) is 4.16. The molecule has 5 heteroatoms. The Kier molecular flexibility index (Phi) is 5.11. The van der Waals surface area contributed by atoms with Gasteiger partial charge in [0.05, 0.1) is 5.69 Å². The molecule has 0 saturated heterocycles. The highest BCUT2D eigenvalue weighted by Gasteiger charge is 2.15. The first-order valence-corrected chi connectivity index (χ1v) is 7.13. The molecule has 2 aromatic rings. The van der Waals surface area contributed by atoms with Crippen LogP contribution in [0.5, 0.6) is 0 Å². The lowest BCUT2D eigenvalue weighted by molar-refractivity contribution is -0.132. The summed E-state index contributed by atoms with van der Waals surface area (Å²) in [5.74, 6) is 0.0375. The lowest BCUT2D eigenvalue weighted by Crippen LogP contribution is -2.37. The van der Waals surface area contributed by atoms with Crippen molar-refractivity contribution in [2.24, 2.45) is 5.73 Å². The fourth-order valence-electron chi connectivity index (χ4n) is 2.31. The Labute approximate surface area is 125 Å². The second kappa shape index (κ2) is 7.04. The van der Waals surface area contributed by atoms with Gasteiger partial charge in [-0.3, -0.25) is 9.48 Å². The summed E-state index contributed by atoms with van der Waals surface area (Å²) < 4.78 is 1.74. The van der Waals surface area contributed by atoms with Gasteiger partial charge in [-0.25, -0.2) is 0 Å². The first-order valence-electron chi connectivity index (χ1n) is 7.13. The molecule has 112 valence electrons. The third-order valence-electron chi connectivity index (χ3n) is 3.36. The van der Waals surface area contributed by atoms with Crippen molar-refractivity contribution in [1.82, 2.24) is 14.7 Å². The van der Waals surface area contributed by atoms with Crippen LogP contribution < -0.4 is 5.73 Å². The van der Waals surface area contributed by atoms with E-state index in [1.165, 1.54) is 0 Å². The molecular formula is C16H22N4O. The van der Waals surface area contributed by atoms with E-state index in [1.54, 1.807) is 9.58 Å². The number of aromatic nitrogens is 2. The quantitative estimate of drug-likeness (QED) is 0.875. The van der Waals surface area contributed by atoms with E-state index >= 15 is 0 Å². The summed E-state index contributed by atoms with van der Waals surface area (Å²) in [5, 5.41) is 4.34. The molecule has 1 aromatic heterocycles. The van der Waals surface area contributed by atoms with Crippen LogP contribution in [-0.4, -0.2) is 33.7 Å². The second-order valence-electron chi connectivity index (χ2n) is 5.17. The molecule has 0 radical (unpaired) electrons. The van der Waals surface area contributed by atoms with E-state index in [1.807, 2.05) is 50.2 Å². The van der Waals surface area contributed by atoms with Crippen LogP contribution in [0.25, 0.3) is 0 Å². The third-order valence-corrected chi connectivity index (χ3v) is 3.36. The van der Waals surface area contributed by atoms with Gasteiger partial charge in [0.2, 0.25) is 5.91 Å². The van der Waals surface area contributed by atoms with E-state index in [9.17, 15) is 4.79 Å². The Morgan fingerprint density at radius 3 is 2.57 bits per heavy atom. The highest BCUT2D eigenvalue weighted by molar-refractivity contribution is 5.76. The summed E-state index contributed by atoms with van der Waals surface area (Å²) in [5.41, 5.74) is 8.65. The van der Waals surface area contributed by atoms with Gasteiger partial charge in [-0.1, -0.05) is 30.3 Å². The maximum atomic E-state index is 12.5. The molecule has 1 aromatic carbocycles. The zero-order valence-electron chi connectivity index (χ0n) is 12.6. The lowest BCUT2D eigenvalue weighted by Gasteiger charge is -2.22. The number of hydrogen-bond acceptors (Lipinski definition) is 3. The lowest BCUT2D eigenvalue weighted by atomic mass is 10.2. The van der Waals surface area contributed by atoms with Gasteiger partial charge in [-0.15, -0.1) is 0 Å². The van der Waals surface area contributed by atoms with Gasteiger partial charge >= 0.3 is 0 Å². The van der Waals surface area contributed by atoms with E-state index in [4.69, 9.17) is 5.73 Å². The van der Waals surface area contributed by atoms with Crippen LogP contribution >= 0.6 is 0 Å². The van der Waals surface area contributed by atoms with Gasteiger partial charge in [0.1, 0.15) is 6.54 Å². The molecule has 1 heterocycles. The van der Waals surface area contributed by atoms with Crippen molar-refractivity contribution in [2.45, 2.75) is 26.9 Å². The molecule has 0 bridgehead atoms. The van der Waals surface area contributed by atoms with Crippen LogP contribution in [0.1, 0.15) is 17.0 Å². The predicted molar refractivity (Wildman–Crippen MR) is 82.6 cm³/mol. The van der Waals surface area contributed by atoms with Gasteiger partial charge in [-0.05, 0) is 25.5 Å². The van der Waals surface area contributed by atoms with E-state index in [0.29, 0.717) is 19.6 Å². The number of nitrogens with zero attached hydrogens (tertiary/aromatic N) is 3. The van der Waals surface area contributed by atoms with Crippen molar-refractivity contribution in [3.05, 3.63) is 53.3 Å². The van der Waals surface area contributed by atoms with Crippen LogP contribution in [0.4, 0.5) is 0 Å². The van der Waals surface area contributed by atoms with Gasteiger partial charge in [0.15, 0.2) is 0 Å². The highest BCUT2D eigenvalue weighted by atomic mass is 16.2. The smallest absolute Gasteiger partial charge is 0.244 e. The van der Waals surface area contributed by atoms with Crippen molar-refractivity contribution < 1.29 is 4.79 Å². The second-order valence-corrected chi connectivity index (χ2v) is 5.17. The van der Waals surface area contributed by atoms with E-state index < -0.39 is 0 Å². The predicted octanol–water partition coefficient (Wildman–Crippen LogP) is 1.49. The first kappa shape index (κ1) is 15.3. The number of carbonyl (C=O) groups is 1. The molecule has 0 fully saturated rings. The summed E-state index contributed by atoms with van der Waals surface area (Å²) in [6.45, 7) is 5.72. The van der Waals surface area contributed by atoms with Crippen molar-refractivity contribution in [2.75, 3.05) is 13.1 Å². The molecule has 0 unspecified atom stereocenters. The zero-order valence-corrected chi connectivity index (χ0v) is 12.6. The number of rotatable bonds is 6. The SMILES string of the molecule is Cc1cc(C)n(CC(=O)N(CCN)Cc2ccccc2)n1. The topological polar surface area (TPSA) is 64.2 Å². The van der Waals surface area contributed by atoms with Crippen LogP contribution in [-0.2, 0) is 17.9 Å². The molecule has 1 amide bonds. The molecule has 0 aliphatic rings. The van der Waals surface area contributed by atoms with E-state index in [-0.39, 0.29) is 12.5 Å². The largest absolute Gasteiger partial charge is 0.335 e. The summed E-state index contributed by atoms with van der Waals surface area (Å²) in [6.07, 6.45) is 0. The first-order chi connectivity index (χ1) is 10.1. The molecule has 5 nitrogen and oxygen atoms in total. The zero-order chi connectivity index (χ0) is 15.2. The average Bonchev–Trinajstić information content (AvgIpc) is 2.77. The van der Waals surface area contributed by atoms with Crippen LogP contribution in [0.15, 0.2) is 36.4 Å². The standard InChI is InChI=1S/C16H22N4O/c1-13-10-14(2)20(18-13)12-16(21)19(9-8-17)11-15-6-4-3-5-7-15/h3-7,10H,8-9,11-12,17H2,1-2H3. The van der Waals surface area contributed by atoms with Gasteiger partial charge in [-0.2, -0.15) is 5.10 Å². The maximum Gasteiger partial charge on any atom is 0.244 e. The minimum absolute atomic E-state index is 0.0375. The maximum absolute atomic E-state index is 12.5. The molecular weight excluding hydrogens is 264 g/mol. The number of carbonyl (C=O) groups excluding carboxylic acids is 1. The van der Waals surface area contributed by atoms with Gasteiger partial charge in [0.25, 0.3) is 0 Å². The number of hydrogen-bond donors (Lipinski definition) is 1. The van der Waals surface area contributed by atoms with Crippen molar-refractivity contribution in [3.8, 4) is 0 Å². The Morgan fingerprint density at radius 2 is 2.00 bits per heavy atom. The summed E-state index contributed by atoms with van der Waals surface area (Å²) in [7, 11) is 0. The summed E-state index contributed by atoms with van der Waals surface area (Å²) in [4.78, 5) is 14.3. The number of benzene rings is 1. The van der Waals surface area contributed by atoms with Crippen LogP contribution in [0.2, 0.25) is 0 Å². The van der Waals surface area contributed by atoms with Crippen LogP contribution in [0.3, 0.4) is 0 Å². The molecule has 2 N–H and O–H groups in total. The highest BCUT2D eigenvalue weighted by Crippen LogP contribution is 2.07. The monoisotopic (exact) mass is 286 g/mol. The molecule has 0 aliphatic heterocycles. The van der Waals surface area contributed by atoms with E-state index in [2.05, 4.69) is 5.10 Å². The number of nitrogens with two attached hydrogens (primary N) is 1. The minimum atomic E-state index is 0.0375. The van der Waals surface area contributed by atoms with Crippen molar-refractivity contribution >= 4 is 5.91 Å². The molecule has 2 rings (SSSR count). The average molecular weight is 286 g/mol. The normalized spacial score (nSPS) is 10.6. The molecule has 0 saturated carbocycles. The Bertz CT molecular complexity index is 592. The summed E-state index contributed by atoms with van der Waals surface area (Å²) >= 11 is 0. The van der Waals surface area contributed by atoms with Crippen molar-refractivity contribution in [1.29, 1.82) is 0 Å². The summed E-state index contributed by atoms with van der Waals surface area (Å²) in [6, 6.07) is 11.9. The Balaban J connectivity index is 2.07. The van der Waals surface area contributed by atoms with Crippen LogP contribution in [0, 0.1) is 13.8 Å². The molecule has 21 heavy (non-hydrogen) atoms. The molecule has 0 spiro atoms. The van der Waals surface area contributed by atoms with Gasteiger partial charge in [0, 0.05) is 25.3 Å². The fraction of sp³-hybridized carbons (Fsp3) is 0.375. The minimum Gasteiger partial charge on any atom is -0.335 e. The number of amides is 1. The number of aryl methyl sites for hydroxylation is 2.